The second kappa shape index (κ2) is 4.89. The van der Waals surface area contributed by atoms with Crippen LogP contribution in [0.1, 0.15) is 0 Å². The lowest BCUT2D eigenvalue weighted by molar-refractivity contribution is 0.811. The van der Waals surface area contributed by atoms with Crippen LogP contribution in [-0.4, -0.2) is 19.2 Å². The van der Waals surface area contributed by atoms with Crippen LogP contribution in [0.5, 0.6) is 0 Å². The maximum Gasteiger partial charge on any atom is 0.154 e. The predicted molar refractivity (Wildman–Crippen MR) is 87.2 cm³/mol. The number of anilines is 1. The molecular weight excluding hydrogens is 298 g/mol. The molecule has 0 saturated carbocycles. The lowest BCUT2D eigenvalue weighted by atomic mass is 10.2. The van der Waals surface area contributed by atoms with Gasteiger partial charge >= 0.3 is 0 Å². The van der Waals surface area contributed by atoms with E-state index in [9.17, 15) is 0 Å². The fourth-order valence-electron chi connectivity index (χ4n) is 2.51. The minimum absolute atomic E-state index is 0.623. The number of nitrogen functional groups attached to an aromatic ring is 1. The standard InChI is InChI=1S/C16H12ClN5/c17-13-4-3-12(18)8-14(13)21-7-5-16-20-10-15(22(16)21)11-2-1-6-19-9-11/h1-10H,18H2. The van der Waals surface area contributed by atoms with E-state index >= 15 is 0 Å². The zero-order valence-electron chi connectivity index (χ0n) is 11.5. The minimum atomic E-state index is 0.623. The van der Waals surface area contributed by atoms with Gasteiger partial charge in [0.15, 0.2) is 5.65 Å². The van der Waals surface area contributed by atoms with Crippen LogP contribution in [0.2, 0.25) is 5.02 Å². The number of hydrogen-bond donors (Lipinski definition) is 1. The Balaban J connectivity index is 2.00. The summed E-state index contributed by atoms with van der Waals surface area (Å²) in [6.07, 6.45) is 7.29. The van der Waals surface area contributed by atoms with Crippen LogP contribution >= 0.6 is 11.6 Å². The van der Waals surface area contributed by atoms with Crippen LogP contribution in [0.25, 0.3) is 22.6 Å². The van der Waals surface area contributed by atoms with Gasteiger partial charge in [-0.15, -0.1) is 0 Å². The fourth-order valence-corrected chi connectivity index (χ4v) is 2.71. The van der Waals surface area contributed by atoms with Crippen LogP contribution in [0.3, 0.4) is 0 Å². The first-order valence-electron chi connectivity index (χ1n) is 6.75. The molecule has 22 heavy (non-hydrogen) atoms. The van der Waals surface area contributed by atoms with Crippen LogP contribution in [-0.2, 0) is 0 Å². The molecule has 0 aliphatic heterocycles. The van der Waals surface area contributed by atoms with E-state index in [2.05, 4.69) is 9.97 Å². The monoisotopic (exact) mass is 309 g/mol. The maximum absolute atomic E-state index is 6.33. The average molecular weight is 310 g/mol. The van der Waals surface area contributed by atoms with Gasteiger partial charge in [-0.2, -0.15) is 0 Å². The van der Waals surface area contributed by atoms with Crippen molar-refractivity contribution in [3.8, 4) is 16.9 Å². The third kappa shape index (κ3) is 1.95. The predicted octanol–water partition coefficient (Wildman–Crippen LogP) is 3.42. The van der Waals surface area contributed by atoms with E-state index in [4.69, 9.17) is 17.3 Å². The number of rotatable bonds is 2. The third-order valence-corrected chi connectivity index (χ3v) is 3.84. The summed E-state index contributed by atoms with van der Waals surface area (Å²) in [6.45, 7) is 0. The first-order valence-corrected chi connectivity index (χ1v) is 7.13. The zero-order valence-corrected chi connectivity index (χ0v) is 12.3. The van der Waals surface area contributed by atoms with E-state index in [1.807, 2.05) is 52.1 Å². The van der Waals surface area contributed by atoms with Gasteiger partial charge in [-0.1, -0.05) is 11.6 Å². The Kier molecular flexibility index (Phi) is 2.87. The van der Waals surface area contributed by atoms with E-state index < -0.39 is 0 Å². The van der Waals surface area contributed by atoms with Crippen LogP contribution < -0.4 is 5.73 Å². The highest BCUT2D eigenvalue weighted by molar-refractivity contribution is 6.32. The molecule has 5 nitrogen and oxygen atoms in total. The number of nitrogens with two attached hydrogens (primary N) is 1. The molecule has 0 radical (unpaired) electrons. The van der Waals surface area contributed by atoms with Crippen LogP contribution in [0, 0.1) is 0 Å². The summed E-state index contributed by atoms with van der Waals surface area (Å²) in [4.78, 5) is 8.60. The van der Waals surface area contributed by atoms with Crippen LogP contribution in [0.4, 0.5) is 5.69 Å². The Morgan fingerprint density at radius 2 is 2.00 bits per heavy atom. The normalized spacial score (nSPS) is 11.1. The van der Waals surface area contributed by atoms with Crippen molar-refractivity contribution in [2.24, 2.45) is 0 Å². The molecule has 6 heteroatoms. The van der Waals surface area contributed by atoms with Crippen molar-refractivity contribution in [1.29, 1.82) is 0 Å². The van der Waals surface area contributed by atoms with Crippen molar-refractivity contribution in [3.63, 3.8) is 0 Å². The van der Waals surface area contributed by atoms with E-state index in [-0.39, 0.29) is 0 Å². The van der Waals surface area contributed by atoms with Crippen molar-refractivity contribution in [2.75, 3.05) is 5.73 Å². The number of nitrogens with zero attached hydrogens (tertiary/aromatic N) is 4. The molecule has 0 amide bonds. The molecule has 0 spiro atoms. The van der Waals surface area contributed by atoms with E-state index in [0.717, 1.165) is 22.6 Å². The Labute approximate surface area is 131 Å². The Bertz CT molecular complexity index is 955. The molecular formula is C16H12ClN5. The summed E-state index contributed by atoms with van der Waals surface area (Å²) in [5.74, 6) is 0. The van der Waals surface area contributed by atoms with Gasteiger partial charge in [-0.25, -0.2) is 9.50 Å². The number of pyridine rings is 1. The summed E-state index contributed by atoms with van der Waals surface area (Å²) >= 11 is 6.33. The highest BCUT2D eigenvalue weighted by atomic mass is 35.5. The van der Waals surface area contributed by atoms with Gasteiger partial charge in [0.1, 0.15) is 0 Å². The number of fused-ring (bicyclic) bond motifs is 1. The van der Waals surface area contributed by atoms with Gasteiger partial charge in [0.05, 0.1) is 22.6 Å². The molecule has 4 rings (SSSR count). The highest BCUT2D eigenvalue weighted by Crippen LogP contribution is 2.27. The largest absolute Gasteiger partial charge is 0.399 e. The highest BCUT2D eigenvalue weighted by Gasteiger charge is 2.13. The lowest BCUT2D eigenvalue weighted by Gasteiger charge is -2.11. The molecule has 0 saturated heterocycles. The van der Waals surface area contributed by atoms with Crippen molar-refractivity contribution < 1.29 is 0 Å². The SMILES string of the molecule is Nc1ccc(Cl)c(-n2ccc3ncc(-c4cccnc4)n32)c1. The topological polar surface area (TPSA) is 61.1 Å². The summed E-state index contributed by atoms with van der Waals surface area (Å²) < 4.78 is 3.92. The number of aromatic nitrogens is 4. The second-order valence-corrected chi connectivity index (χ2v) is 5.33. The van der Waals surface area contributed by atoms with Gasteiger partial charge in [0, 0.05) is 35.9 Å². The molecule has 1 aromatic carbocycles. The molecule has 0 atom stereocenters. The maximum atomic E-state index is 6.33. The lowest BCUT2D eigenvalue weighted by Crippen LogP contribution is -2.04. The Morgan fingerprint density at radius 1 is 1.09 bits per heavy atom. The fraction of sp³-hybridized carbons (Fsp3) is 0. The minimum Gasteiger partial charge on any atom is -0.399 e. The van der Waals surface area contributed by atoms with Gasteiger partial charge in [-0.05, 0) is 30.3 Å². The Hall–Kier alpha value is -2.79. The summed E-state index contributed by atoms with van der Waals surface area (Å²) in [5, 5.41) is 0.623. The molecule has 0 aliphatic carbocycles. The Morgan fingerprint density at radius 3 is 2.82 bits per heavy atom. The quantitative estimate of drug-likeness (QED) is 0.577. The summed E-state index contributed by atoms with van der Waals surface area (Å²) in [5.41, 5.74) is 10.1. The molecule has 2 N–H and O–H groups in total. The van der Waals surface area contributed by atoms with E-state index in [1.54, 1.807) is 18.3 Å². The van der Waals surface area contributed by atoms with Crippen molar-refractivity contribution >= 4 is 22.9 Å². The average Bonchev–Trinajstić information content (AvgIpc) is 3.12. The number of hydrogen-bond acceptors (Lipinski definition) is 3. The third-order valence-electron chi connectivity index (χ3n) is 3.52. The van der Waals surface area contributed by atoms with E-state index in [1.165, 1.54) is 0 Å². The molecule has 108 valence electrons. The molecule has 0 bridgehead atoms. The molecule has 3 aromatic heterocycles. The smallest absolute Gasteiger partial charge is 0.154 e. The number of imidazole rings is 1. The first kappa shape index (κ1) is 12.9. The molecule has 4 aromatic rings. The van der Waals surface area contributed by atoms with Crippen molar-refractivity contribution in [3.05, 3.63) is 66.2 Å². The molecule has 0 unspecified atom stereocenters. The molecule has 0 fully saturated rings. The second-order valence-electron chi connectivity index (χ2n) is 4.93. The molecule has 3 heterocycles. The first-order chi connectivity index (χ1) is 10.7. The number of halogens is 1. The van der Waals surface area contributed by atoms with Gasteiger partial charge in [0.25, 0.3) is 0 Å². The summed E-state index contributed by atoms with van der Waals surface area (Å²) in [6, 6.07) is 11.2. The van der Waals surface area contributed by atoms with Gasteiger partial charge in [0.2, 0.25) is 0 Å². The van der Waals surface area contributed by atoms with Gasteiger partial charge in [-0.3, -0.25) is 9.67 Å². The van der Waals surface area contributed by atoms with Crippen LogP contribution in [0.15, 0.2) is 61.2 Å². The van der Waals surface area contributed by atoms with Gasteiger partial charge < -0.3 is 5.73 Å². The molecule has 0 aliphatic rings. The van der Waals surface area contributed by atoms with Crippen molar-refractivity contribution in [1.82, 2.24) is 19.2 Å². The summed E-state index contributed by atoms with van der Waals surface area (Å²) in [7, 11) is 0. The van der Waals surface area contributed by atoms with Crippen molar-refractivity contribution in [2.45, 2.75) is 0 Å². The zero-order chi connectivity index (χ0) is 15.1. The van der Waals surface area contributed by atoms with E-state index in [0.29, 0.717) is 10.7 Å². The number of benzene rings is 1.